The zero-order valence-corrected chi connectivity index (χ0v) is 17.9. The second-order valence-electron chi connectivity index (χ2n) is 7.79. The SMILES string of the molecule is C=CCc1ccccc1OCC(O)CNC(C)(C)CNC(=O)CCC(C)O[N+](=O)[O-]. The van der Waals surface area contributed by atoms with Crippen molar-refractivity contribution in [2.45, 2.75) is 57.8 Å². The fourth-order valence-electron chi connectivity index (χ4n) is 2.61. The number of nitrogens with zero attached hydrogens (tertiary/aromatic N) is 1. The number of β-amino-alcohol motifs (C(OH)–C–C–N with tert-alkyl or cyclic N) is 1. The average molecular weight is 424 g/mol. The molecular formula is C21H33N3O6. The highest BCUT2D eigenvalue weighted by molar-refractivity contribution is 5.75. The number of hydrogen-bond acceptors (Lipinski definition) is 7. The molecule has 1 amide bonds. The van der Waals surface area contributed by atoms with Crippen molar-refractivity contribution in [3.8, 4) is 5.75 Å². The minimum absolute atomic E-state index is 0.131. The monoisotopic (exact) mass is 423 g/mol. The Labute approximate surface area is 177 Å². The minimum atomic E-state index is -0.858. The third kappa shape index (κ3) is 10.8. The summed E-state index contributed by atoms with van der Waals surface area (Å²) in [6, 6.07) is 7.62. The molecule has 0 radical (unpaired) electrons. The van der Waals surface area contributed by atoms with Crippen LogP contribution in [-0.4, -0.2) is 53.5 Å². The number of hydrogen-bond donors (Lipinski definition) is 3. The molecule has 0 aliphatic rings. The Hall–Kier alpha value is -2.65. The molecule has 9 nitrogen and oxygen atoms in total. The van der Waals surface area contributed by atoms with Crippen LogP contribution in [0.3, 0.4) is 0 Å². The second kappa shape index (κ2) is 12.8. The number of carbonyl (C=O) groups excluding carboxylic acids is 1. The van der Waals surface area contributed by atoms with Gasteiger partial charge in [0, 0.05) is 25.0 Å². The lowest BCUT2D eigenvalue weighted by Crippen LogP contribution is -2.51. The highest BCUT2D eigenvalue weighted by Gasteiger charge is 2.20. The number of nitrogens with one attached hydrogen (secondary N) is 2. The number of carbonyl (C=O) groups is 1. The van der Waals surface area contributed by atoms with E-state index in [1.165, 1.54) is 0 Å². The third-order valence-electron chi connectivity index (χ3n) is 4.36. The smallest absolute Gasteiger partial charge is 0.294 e. The summed E-state index contributed by atoms with van der Waals surface area (Å²) in [6.45, 7) is 9.85. The molecule has 0 aliphatic carbocycles. The van der Waals surface area contributed by atoms with E-state index in [2.05, 4.69) is 22.1 Å². The Morgan fingerprint density at radius 1 is 1.40 bits per heavy atom. The summed E-state index contributed by atoms with van der Waals surface area (Å²) in [7, 11) is 0. The maximum absolute atomic E-state index is 11.9. The Bertz CT molecular complexity index is 695. The van der Waals surface area contributed by atoms with Crippen molar-refractivity contribution >= 4 is 5.91 Å². The molecule has 0 aromatic heterocycles. The molecular weight excluding hydrogens is 390 g/mol. The summed E-state index contributed by atoms with van der Waals surface area (Å²) >= 11 is 0. The quantitative estimate of drug-likeness (QED) is 0.224. The van der Waals surface area contributed by atoms with Crippen molar-refractivity contribution < 1.29 is 24.6 Å². The third-order valence-corrected chi connectivity index (χ3v) is 4.36. The maximum Gasteiger partial charge on any atom is 0.294 e. The predicted molar refractivity (Wildman–Crippen MR) is 114 cm³/mol. The van der Waals surface area contributed by atoms with Gasteiger partial charge in [-0.2, -0.15) is 0 Å². The summed E-state index contributed by atoms with van der Waals surface area (Å²) in [5.74, 6) is 0.504. The first-order valence-electron chi connectivity index (χ1n) is 9.95. The zero-order chi connectivity index (χ0) is 22.6. The molecule has 3 N–H and O–H groups in total. The first-order chi connectivity index (χ1) is 14.1. The van der Waals surface area contributed by atoms with E-state index in [4.69, 9.17) is 4.74 Å². The fourth-order valence-corrected chi connectivity index (χ4v) is 2.61. The number of allylic oxidation sites excluding steroid dienone is 1. The normalized spacial score (nSPS) is 13.2. The van der Waals surface area contributed by atoms with E-state index in [-0.39, 0.29) is 25.4 Å². The molecule has 0 spiro atoms. The van der Waals surface area contributed by atoms with Crippen LogP contribution in [0.5, 0.6) is 5.75 Å². The molecule has 2 unspecified atom stereocenters. The van der Waals surface area contributed by atoms with Crippen LogP contribution in [-0.2, 0) is 16.1 Å². The van der Waals surface area contributed by atoms with Gasteiger partial charge < -0.3 is 25.3 Å². The van der Waals surface area contributed by atoms with Crippen LogP contribution in [0.2, 0.25) is 0 Å². The lowest BCUT2D eigenvalue weighted by atomic mass is 10.1. The fraction of sp³-hybridized carbons (Fsp3) is 0.571. The van der Waals surface area contributed by atoms with Gasteiger partial charge in [0.05, 0.1) is 0 Å². The Morgan fingerprint density at radius 2 is 2.10 bits per heavy atom. The second-order valence-corrected chi connectivity index (χ2v) is 7.79. The number of ether oxygens (including phenoxy) is 1. The first-order valence-corrected chi connectivity index (χ1v) is 9.95. The van der Waals surface area contributed by atoms with E-state index in [9.17, 15) is 20.0 Å². The van der Waals surface area contributed by atoms with Gasteiger partial charge in [0.1, 0.15) is 24.6 Å². The molecule has 0 bridgehead atoms. The van der Waals surface area contributed by atoms with Crippen LogP contribution < -0.4 is 15.4 Å². The molecule has 0 aliphatic heterocycles. The summed E-state index contributed by atoms with van der Waals surface area (Å²) in [5, 5.41) is 25.6. The Kier molecular flexibility index (Phi) is 10.8. The van der Waals surface area contributed by atoms with Crippen molar-refractivity contribution in [1.82, 2.24) is 10.6 Å². The number of aliphatic hydroxyl groups is 1. The number of para-hydroxylation sites is 1. The van der Waals surface area contributed by atoms with Gasteiger partial charge >= 0.3 is 0 Å². The van der Waals surface area contributed by atoms with E-state index in [0.29, 0.717) is 19.5 Å². The van der Waals surface area contributed by atoms with E-state index < -0.39 is 22.8 Å². The van der Waals surface area contributed by atoms with Crippen molar-refractivity contribution in [2.75, 3.05) is 19.7 Å². The molecule has 2 atom stereocenters. The molecule has 1 rings (SSSR count). The van der Waals surface area contributed by atoms with Crippen LogP contribution >= 0.6 is 0 Å². The Balaban J connectivity index is 2.32. The van der Waals surface area contributed by atoms with E-state index >= 15 is 0 Å². The van der Waals surface area contributed by atoms with Crippen molar-refractivity contribution in [2.24, 2.45) is 0 Å². The van der Waals surface area contributed by atoms with Crippen molar-refractivity contribution in [3.05, 3.63) is 52.6 Å². The van der Waals surface area contributed by atoms with Crippen LogP contribution in [0.4, 0.5) is 0 Å². The van der Waals surface area contributed by atoms with Gasteiger partial charge in [-0.05, 0) is 45.2 Å². The van der Waals surface area contributed by atoms with Crippen molar-refractivity contribution in [3.63, 3.8) is 0 Å². The van der Waals surface area contributed by atoms with E-state index in [0.717, 1.165) is 11.3 Å². The van der Waals surface area contributed by atoms with Gasteiger partial charge in [0.25, 0.3) is 5.09 Å². The van der Waals surface area contributed by atoms with E-state index in [1.54, 1.807) is 13.0 Å². The van der Waals surface area contributed by atoms with Gasteiger partial charge in [-0.25, -0.2) is 0 Å². The Morgan fingerprint density at radius 3 is 2.77 bits per heavy atom. The molecule has 0 fully saturated rings. The summed E-state index contributed by atoms with van der Waals surface area (Å²) in [5.41, 5.74) is 0.550. The molecule has 1 aromatic carbocycles. The first kappa shape index (κ1) is 25.4. The van der Waals surface area contributed by atoms with Gasteiger partial charge in [-0.15, -0.1) is 16.7 Å². The van der Waals surface area contributed by atoms with Gasteiger partial charge in [0.15, 0.2) is 0 Å². The summed E-state index contributed by atoms with van der Waals surface area (Å²) in [4.78, 5) is 26.5. The van der Waals surface area contributed by atoms with E-state index in [1.807, 2.05) is 38.1 Å². The number of rotatable bonds is 15. The average Bonchev–Trinajstić information content (AvgIpc) is 2.68. The zero-order valence-electron chi connectivity index (χ0n) is 17.9. The standard InChI is InChI=1S/C21H33N3O6/c1-5-8-17-9-6-7-10-19(17)29-14-18(25)13-23-21(3,4)15-22-20(26)12-11-16(2)30-24(27)28/h5-7,9-10,16,18,23,25H,1,8,11-15H2,2-4H3,(H,22,26). The van der Waals surface area contributed by atoms with Crippen LogP contribution in [0.15, 0.2) is 36.9 Å². The molecule has 0 saturated carbocycles. The lowest BCUT2D eigenvalue weighted by molar-refractivity contribution is -0.767. The number of benzene rings is 1. The van der Waals surface area contributed by atoms with Crippen molar-refractivity contribution in [1.29, 1.82) is 0 Å². The lowest BCUT2D eigenvalue weighted by Gasteiger charge is -2.28. The van der Waals surface area contributed by atoms with Gasteiger partial charge in [0.2, 0.25) is 5.91 Å². The van der Waals surface area contributed by atoms with Crippen LogP contribution in [0.25, 0.3) is 0 Å². The highest BCUT2D eigenvalue weighted by Crippen LogP contribution is 2.18. The van der Waals surface area contributed by atoms with Gasteiger partial charge in [-0.3, -0.25) is 4.79 Å². The van der Waals surface area contributed by atoms with Crippen LogP contribution in [0.1, 0.15) is 39.2 Å². The molecule has 30 heavy (non-hydrogen) atoms. The highest BCUT2D eigenvalue weighted by atomic mass is 17.0. The topological polar surface area (TPSA) is 123 Å². The summed E-state index contributed by atoms with van der Waals surface area (Å²) in [6.07, 6.45) is 1.51. The van der Waals surface area contributed by atoms with Crippen LogP contribution in [0, 0.1) is 10.1 Å². The molecule has 168 valence electrons. The maximum atomic E-state index is 11.9. The number of amides is 1. The predicted octanol–water partition coefficient (Wildman–Crippen LogP) is 2.02. The minimum Gasteiger partial charge on any atom is -0.491 e. The molecule has 1 aromatic rings. The molecule has 0 heterocycles. The molecule has 0 saturated heterocycles. The molecule has 9 heteroatoms. The number of aliphatic hydroxyl groups excluding tert-OH is 1. The van der Waals surface area contributed by atoms with Gasteiger partial charge in [-0.1, -0.05) is 24.3 Å². The largest absolute Gasteiger partial charge is 0.491 e. The summed E-state index contributed by atoms with van der Waals surface area (Å²) < 4.78 is 5.73.